The molecule has 5 nitrogen and oxygen atoms in total. The zero-order valence-corrected chi connectivity index (χ0v) is 18.5. The topological polar surface area (TPSA) is 72.5 Å². The number of Topliss-reactive ketones (excluding diaryl/α,β-unsaturated/α-hetero) is 1. The molecule has 2 heterocycles. The first-order valence-electron chi connectivity index (χ1n) is 9.86. The molecule has 0 radical (unpaired) electrons. The molecule has 1 aliphatic heterocycles. The number of ketones is 1. The zero-order chi connectivity index (χ0) is 20.8. The van der Waals surface area contributed by atoms with Gasteiger partial charge in [0.05, 0.1) is 0 Å². The van der Waals surface area contributed by atoms with Crippen molar-refractivity contribution in [2.75, 3.05) is 18.5 Å². The number of aryl methyl sites for hydroxylation is 2. The SMILES string of the molecule is Cc1cc(C(=O)CCC(=O)Nc2cccc(CS(=O)C3CCOCC3)c2)c(C)s1. The second-order valence-corrected chi connectivity index (χ2v) is 10.5. The van der Waals surface area contributed by atoms with Crippen LogP contribution in [0, 0.1) is 13.8 Å². The van der Waals surface area contributed by atoms with Gasteiger partial charge in [0.25, 0.3) is 0 Å². The first-order chi connectivity index (χ1) is 13.9. The molecule has 1 aromatic carbocycles. The van der Waals surface area contributed by atoms with Crippen molar-refractivity contribution in [2.24, 2.45) is 0 Å². The Hall–Kier alpha value is -1.83. The van der Waals surface area contributed by atoms with Crippen molar-refractivity contribution in [3.8, 4) is 0 Å². The lowest BCUT2D eigenvalue weighted by Gasteiger charge is -2.21. The third-order valence-electron chi connectivity index (χ3n) is 4.98. The van der Waals surface area contributed by atoms with Gasteiger partial charge in [-0.3, -0.25) is 13.8 Å². The third-order valence-corrected chi connectivity index (χ3v) is 7.78. The van der Waals surface area contributed by atoms with Gasteiger partial charge in [0, 0.05) is 68.9 Å². The minimum absolute atomic E-state index is 0.00242. The highest BCUT2D eigenvalue weighted by molar-refractivity contribution is 7.84. The van der Waals surface area contributed by atoms with Gasteiger partial charge in [-0.1, -0.05) is 12.1 Å². The van der Waals surface area contributed by atoms with Gasteiger partial charge >= 0.3 is 0 Å². The van der Waals surface area contributed by atoms with Gasteiger partial charge in [0.1, 0.15) is 0 Å². The smallest absolute Gasteiger partial charge is 0.224 e. The van der Waals surface area contributed by atoms with E-state index in [4.69, 9.17) is 4.74 Å². The van der Waals surface area contributed by atoms with E-state index in [0.717, 1.165) is 33.7 Å². The lowest BCUT2D eigenvalue weighted by molar-refractivity contribution is -0.116. The molecule has 2 aromatic rings. The largest absolute Gasteiger partial charge is 0.381 e. The van der Waals surface area contributed by atoms with Gasteiger partial charge < -0.3 is 10.1 Å². The van der Waals surface area contributed by atoms with Gasteiger partial charge in [-0.15, -0.1) is 11.3 Å². The Morgan fingerprint density at radius 1 is 1.17 bits per heavy atom. The number of anilines is 1. The normalized spacial score (nSPS) is 15.8. The predicted octanol–water partition coefficient (Wildman–Crippen LogP) is 4.39. The van der Waals surface area contributed by atoms with Crippen LogP contribution in [0.5, 0.6) is 0 Å². The Labute approximate surface area is 178 Å². The summed E-state index contributed by atoms with van der Waals surface area (Å²) in [6.45, 7) is 5.26. The van der Waals surface area contributed by atoms with Crippen LogP contribution >= 0.6 is 11.3 Å². The van der Waals surface area contributed by atoms with Gasteiger partial charge in [-0.25, -0.2) is 0 Å². The monoisotopic (exact) mass is 433 g/mol. The van der Waals surface area contributed by atoms with E-state index in [-0.39, 0.29) is 29.8 Å². The summed E-state index contributed by atoms with van der Waals surface area (Å²) in [7, 11) is -0.946. The Kier molecular flexibility index (Phi) is 7.75. The molecule has 1 N–H and O–H groups in total. The molecule has 29 heavy (non-hydrogen) atoms. The molecule has 1 saturated heterocycles. The number of benzene rings is 1. The number of hydrogen-bond donors (Lipinski definition) is 1. The summed E-state index contributed by atoms with van der Waals surface area (Å²) in [5.74, 6) is 0.289. The van der Waals surface area contributed by atoms with Crippen molar-refractivity contribution in [1.82, 2.24) is 0 Å². The van der Waals surface area contributed by atoms with E-state index in [0.29, 0.717) is 24.7 Å². The van der Waals surface area contributed by atoms with Crippen molar-refractivity contribution >= 4 is 39.5 Å². The first kappa shape index (κ1) is 21.9. The van der Waals surface area contributed by atoms with Crippen LogP contribution in [0.2, 0.25) is 0 Å². The number of rotatable bonds is 8. The van der Waals surface area contributed by atoms with Crippen LogP contribution in [-0.4, -0.2) is 34.4 Å². The molecule has 3 rings (SSSR count). The standard InChI is InChI=1S/C22H27NO4S2/c1-15-12-20(16(2)28-15)21(24)6-7-22(25)23-18-5-3-4-17(13-18)14-29(26)19-8-10-27-11-9-19/h3-5,12-13,19H,6-11,14H2,1-2H3,(H,23,25). The molecule has 1 amide bonds. The highest BCUT2D eigenvalue weighted by Crippen LogP contribution is 2.23. The van der Waals surface area contributed by atoms with Crippen molar-refractivity contribution in [2.45, 2.75) is 50.5 Å². The molecular weight excluding hydrogens is 406 g/mol. The highest BCUT2D eigenvalue weighted by Gasteiger charge is 2.20. The van der Waals surface area contributed by atoms with E-state index in [2.05, 4.69) is 5.32 Å². The van der Waals surface area contributed by atoms with Crippen molar-refractivity contribution < 1.29 is 18.5 Å². The van der Waals surface area contributed by atoms with Crippen LogP contribution in [0.15, 0.2) is 30.3 Å². The predicted molar refractivity (Wildman–Crippen MR) is 118 cm³/mol. The number of ether oxygens (including phenoxy) is 1. The van der Waals surface area contributed by atoms with E-state index in [1.54, 1.807) is 11.3 Å². The summed E-state index contributed by atoms with van der Waals surface area (Å²) in [6, 6.07) is 9.35. The average Bonchev–Trinajstić information content (AvgIpc) is 3.05. The van der Waals surface area contributed by atoms with Crippen molar-refractivity contribution in [1.29, 1.82) is 0 Å². The molecular formula is C22H27NO4S2. The zero-order valence-electron chi connectivity index (χ0n) is 16.9. The maximum atomic E-state index is 12.6. The molecule has 0 aliphatic carbocycles. The fourth-order valence-electron chi connectivity index (χ4n) is 3.45. The fourth-order valence-corrected chi connectivity index (χ4v) is 5.86. The van der Waals surface area contributed by atoms with Crippen LogP contribution in [-0.2, 0) is 26.1 Å². The lowest BCUT2D eigenvalue weighted by Crippen LogP contribution is -2.25. The van der Waals surface area contributed by atoms with Crippen LogP contribution in [0.25, 0.3) is 0 Å². The van der Waals surface area contributed by atoms with E-state index in [1.165, 1.54) is 0 Å². The number of hydrogen-bond acceptors (Lipinski definition) is 5. The Morgan fingerprint density at radius 3 is 2.62 bits per heavy atom. The Balaban J connectivity index is 1.51. The van der Waals surface area contributed by atoms with Gasteiger partial charge in [-0.05, 0) is 50.5 Å². The minimum Gasteiger partial charge on any atom is -0.381 e. The minimum atomic E-state index is -0.946. The second-order valence-electron chi connectivity index (χ2n) is 7.34. The summed E-state index contributed by atoms with van der Waals surface area (Å²) in [6.07, 6.45) is 2.00. The van der Waals surface area contributed by atoms with E-state index in [9.17, 15) is 13.8 Å². The molecule has 0 saturated carbocycles. The fraction of sp³-hybridized carbons (Fsp3) is 0.455. The number of amides is 1. The molecule has 1 fully saturated rings. The first-order valence-corrected chi connectivity index (χ1v) is 12.1. The average molecular weight is 434 g/mol. The quantitative estimate of drug-likeness (QED) is 0.627. The van der Waals surface area contributed by atoms with Gasteiger partial charge in [-0.2, -0.15) is 0 Å². The maximum absolute atomic E-state index is 12.6. The summed E-state index contributed by atoms with van der Waals surface area (Å²) in [5.41, 5.74) is 2.33. The van der Waals surface area contributed by atoms with Crippen LogP contribution in [0.4, 0.5) is 5.69 Å². The van der Waals surface area contributed by atoms with Crippen LogP contribution < -0.4 is 5.32 Å². The molecule has 1 aromatic heterocycles. The molecule has 1 unspecified atom stereocenters. The van der Waals surface area contributed by atoms with Crippen LogP contribution in [0.3, 0.4) is 0 Å². The van der Waals surface area contributed by atoms with Crippen molar-refractivity contribution in [3.05, 3.63) is 51.2 Å². The summed E-state index contributed by atoms with van der Waals surface area (Å²) < 4.78 is 17.9. The highest BCUT2D eigenvalue weighted by atomic mass is 32.2. The molecule has 1 aliphatic rings. The number of carbonyl (C=O) groups is 2. The summed E-state index contributed by atoms with van der Waals surface area (Å²) >= 11 is 1.60. The van der Waals surface area contributed by atoms with Crippen LogP contribution in [0.1, 0.15) is 51.4 Å². The summed E-state index contributed by atoms with van der Waals surface area (Å²) in [5, 5.41) is 3.03. The number of thiophene rings is 1. The molecule has 156 valence electrons. The summed E-state index contributed by atoms with van der Waals surface area (Å²) in [4.78, 5) is 26.7. The lowest BCUT2D eigenvalue weighted by atomic mass is 10.1. The number of carbonyl (C=O) groups excluding carboxylic acids is 2. The van der Waals surface area contributed by atoms with E-state index >= 15 is 0 Å². The maximum Gasteiger partial charge on any atom is 0.224 e. The number of nitrogens with one attached hydrogen (secondary N) is 1. The van der Waals surface area contributed by atoms with E-state index < -0.39 is 10.8 Å². The second kappa shape index (κ2) is 10.3. The van der Waals surface area contributed by atoms with Gasteiger partial charge in [0.15, 0.2) is 5.78 Å². The molecule has 0 bridgehead atoms. The Morgan fingerprint density at radius 2 is 1.93 bits per heavy atom. The molecule has 1 atom stereocenters. The molecule has 7 heteroatoms. The Bertz CT molecular complexity index is 900. The van der Waals surface area contributed by atoms with E-state index in [1.807, 2.05) is 44.2 Å². The van der Waals surface area contributed by atoms with Crippen molar-refractivity contribution in [3.63, 3.8) is 0 Å². The van der Waals surface area contributed by atoms with Gasteiger partial charge in [0.2, 0.25) is 5.91 Å². The molecule has 0 spiro atoms. The third kappa shape index (κ3) is 6.32.